The van der Waals surface area contributed by atoms with Crippen LogP contribution in [0.5, 0.6) is 0 Å². The first-order valence-electron chi connectivity index (χ1n) is 3.61. The van der Waals surface area contributed by atoms with Crippen molar-refractivity contribution in [3.8, 4) is 0 Å². The van der Waals surface area contributed by atoms with Crippen LogP contribution in [0.25, 0.3) is 0 Å². The smallest absolute Gasteiger partial charge is 0.129 e. The van der Waals surface area contributed by atoms with Crippen LogP contribution in [-0.2, 0) is 0 Å². The first-order chi connectivity index (χ1) is 4.75. The van der Waals surface area contributed by atoms with Gasteiger partial charge in [-0.05, 0) is 20.3 Å². The van der Waals surface area contributed by atoms with E-state index in [0.29, 0.717) is 6.04 Å². The van der Waals surface area contributed by atoms with Gasteiger partial charge in [-0.2, -0.15) is 0 Å². The summed E-state index contributed by atoms with van der Waals surface area (Å²) in [6.07, 6.45) is 2.91. The molecule has 0 aromatic carbocycles. The summed E-state index contributed by atoms with van der Waals surface area (Å²) in [5, 5.41) is 7.70. The number of hydrogen-bond donors (Lipinski definition) is 0. The molecule has 3 nitrogen and oxygen atoms in total. The summed E-state index contributed by atoms with van der Waals surface area (Å²) in [7, 11) is 0. The Hall–Kier alpha value is -0.860. The minimum absolute atomic E-state index is 0.523. The van der Waals surface area contributed by atoms with Gasteiger partial charge in [-0.25, -0.2) is 0 Å². The highest BCUT2D eigenvalue weighted by atomic mass is 15.3. The highest BCUT2D eigenvalue weighted by Gasteiger charge is 2.03. The quantitative estimate of drug-likeness (QED) is 0.622. The highest BCUT2D eigenvalue weighted by Crippen LogP contribution is 2.09. The summed E-state index contributed by atoms with van der Waals surface area (Å²) in [6, 6.07) is 0.523. The molecule has 0 fully saturated rings. The van der Waals surface area contributed by atoms with Crippen LogP contribution in [0.4, 0.5) is 0 Å². The number of aromatic nitrogens is 3. The van der Waals surface area contributed by atoms with E-state index in [1.165, 1.54) is 0 Å². The van der Waals surface area contributed by atoms with Crippen molar-refractivity contribution in [2.24, 2.45) is 0 Å². The Balaban J connectivity index is 2.82. The van der Waals surface area contributed by atoms with Crippen LogP contribution in [0.15, 0.2) is 6.33 Å². The largest absolute Gasteiger partial charge is 0.315 e. The molecule has 1 aromatic heterocycles. The summed E-state index contributed by atoms with van der Waals surface area (Å²) in [5.41, 5.74) is 0. The van der Waals surface area contributed by atoms with Gasteiger partial charge in [0.15, 0.2) is 0 Å². The van der Waals surface area contributed by atoms with E-state index in [1.807, 2.05) is 6.92 Å². The van der Waals surface area contributed by atoms with Crippen molar-refractivity contribution in [3.63, 3.8) is 0 Å². The van der Waals surface area contributed by atoms with E-state index in [1.54, 1.807) is 6.33 Å². The van der Waals surface area contributed by atoms with E-state index >= 15 is 0 Å². The fourth-order valence-electron chi connectivity index (χ4n) is 0.930. The van der Waals surface area contributed by atoms with E-state index in [9.17, 15) is 0 Å². The van der Waals surface area contributed by atoms with Crippen molar-refractivity contribution >= 4 is 0 Å². The zero-order valence-corrected chi connectivity index (χ0v) is 6.70. The maximum absolute atomic E-state index is 3.90. The maximum atomic E-state index is 3.90. The molecule has 1 heterocycles. The Bertz CT molecular complexity index is 204. The van der Waals surface area contributed by atoms with Crippen molar-refractivity contribution in [1.82, 2.24) is 14.8 Å². The first-order valence-corrected chi connectivity index (χ1v) is 3.61. The predicted octanol–water partition coefficient (Wildman–Crippen LogP) is 1.56. The topological polar surface area (TPSA) is 30.7 Å². The van der Waals surface area contributed by atoms with Crippen LogP contribution in [-0.4, -0.2) is 14.8 Å². The number of aryl methyl sites for hydroxylation is 1. The normalized spacial score (nSPS) is 13.5. The van der Waals surface area contributed by atoms with Crippen LogP contribution < -0.4 is 0 Å². The molecule has 0 aliphatic rings. The molecule has 0 N–H and O–H groups in total. The Morgan fingerprint density at radius 2 is 2.40 bits per heavy atom. The van der Waals surface area contributed by atoms with Gasteiger partial charge in [0.2, 0.25) is 0 Å². The molecule has 0 aliphatic heterocycles. The fraction of sp³-hybridized carbons (Fsp3) is 0.714. The molecule has 1 unspecified atom stereocenters. The zero-order valence-electron chi connectivity index (χ0n) is 6.70. The lowest BCUT2D eigenvalue weighted by Gasteiger charge is -2.09. The Morgan fingerprint density at radius 3 is 2.80 bits per heavy atom. The van der Waals surface area contributed by atoms with Crippen LogP contribution in [0.2, 0.25) is 0 Å². The molecule has 1 atom stereocenters. The number of hydrogen-bond acceptors (Lipinski definition) is 2. The molecule has 3 heteroatoms. The van der Waals surface area contributed by atoms with Crippen LogP contribution in [0.3, 0.4) is 0 Å². The Morgan fingerprint density at radius 1 is 1.70 bits per heavy atom. The lowest BCUT2D eigenvalue weighted by Crippen LogP contribution is -2.04. The molecule has 10 heavy (non-hydrogen) atoms. The molecule has 0 saturated carbocycles. The van der Waals surface area contributed by atoms with Gasteiger partial charge in [-0.3, -0.25) is 0 Å². The van der Waals surface area contributed by atoms with E-state index in [0.717, 1.165) is 12.2 Å². The standard InChI is InChI=1S/C7H13N3/c1-4-6(2)10-5-8-9-7(10)3/h5-6H,4H2,1-3H3. The molecule has 0 amide bonds. The third-order valence-corrected chi connectivity index (χ3v) is 1.82. The predicted molar refractivity (Wildman–Crippen MR) is 39.8 cm³/mol. The van der Waals surface area contributed by atoms with Gasteiger partial charge >= 0.3 is 0 Å². The van der Waals surface area contributed by atoms with E-state index in [4.69, 9.17) is 0 Å². The molecule has 0 spiro atoms. The molecule has 1 aromatic rings. The summed E-state index contributed by atoms with van der Waals surface area (Å²) in [6.45, 7) is 6.29. The molecular formula is C7H13N3. The second-order valence-electron chi connectivity index (χ2n) is 2.54. The third-order valence-electron chi connectivity index (χ3n) is 1.82. The van der Waals surface area contributed by atoms with Crippen molar-refractivity contribution in [2.45, 2.75) is 33.2 Å². The average molecular weight is 139 g/mol. The third kappa shape index (κ3) is 1.17. The molecule has 1 rings (SSSR count). The van der Waals surface area contributed by atoms with Gasteiger partial charge in [-0.1, -0.05) is 6.92 Å². The monoisotopic (exact) mass is 139 g/mol. The summed E-state index contributed by atoms with van der Waals surface area (Å²) < 4.78 is 2.08. The zero-order chi connectivity index (χ0) is 7.56. The van der Waals surface area contributed by atoms with Crippen molar-refractivity contribution in [1.29, 1.82) is 0 Å². The van der Waals surface area contributed by atoms with Gasteiger partial charge in [0.05, 0.1) is 0 Å². The van der Waals surface area contributed by atoms with Crippen molar-refractivity contribution < 1.29 is 0 Å². The number of nitrogens with zero attached hydrogens (tertiary/aromatic N) is 3. The second-order valence-corrected chi connectivity index (χ2v) is 2.54. The molecular weight excluding hydrogens is 126 g/mol. The molecule has 0 radical (unpaired) electrons. The van der Waals surface area contributed by atoms with Gasteiger partial charge < -0.3 is 4.57 Å². The highest BCUT2D eigenvalue weighted by molar-refractivity contribution is 4.83. The second kappa shape index (κ2) is 2.82. The van der Waals surface area contributed by atoms with Gasteiger partial charge in [0, 0.05) is 6.04 Å². The first kappa shape index (κ1) is 7.25. The van der Waals surface area contributed by atoms with Crippen molar-refractivity contribution in [3.05, 3.63) is 12.2 Å². The summed E-state index contributed by atoms with van der Waals surface area (Å²) >= 11 is 0. The molecule has 56 valence electrons. The van der Waals surface area contributed by atoms with Crippen molar-refractivity contribution in [2.75, 3.05) is 0 Å². The van der Waals surface area contributed by atoms with Gasteiger partial charge in [0.25, 0.3) is 0 Å². The summed E-state index contributed by atoms with van der Waals surface area (Å²) in [5.74, 6) is 0.995. The fourth-order valence-corrected chi connectivity index (χ4v) is 0.930. The minimum atomic E-state index is 0.523. The molecule has 0 bridgehead atoms. The SMILES string of the molecule is CCC(C)n1cnnc1C. The Kier molecular flexibility index (Phi) is 2.04. The Labute approximate surface area is 61.1 Å². The summed E-state index contributed by atoms with van der Waals surface area (Å²) in [4.78, 5) is 0. The van der Waals surface area contributed by atoms with Crippen LogP contribution >= 0.6 is 0 Å². The molecule has 0 aliphatic carbocycles. The van der Waals surface area contributed by atoms with E-state index < -0.39 is 0 Å². The maximum Gasteiger partial charge on any atom is 0.129 e. The minimum Gasteiger partial charge on any atom is -0.315 e. The average Bonchev–Trinajstić information content (AvgIpc) is 2.34. The van der Waals surface area contributed by atoms with Crippen LogP contribution in [0, 0.1) is 6.92 Å². The molecule has 0 saturated heterocycles. The lowest BCUT2D eigenvalue weighted by atomic mass is 10.2. The van der Waals surface area contributed by atoms with Gasteiger partial charge in [0.1, 0.15) is 12.2 Å². The van der Waals surface area contributed by atoms with E-state index in [2.05, 4.69) is 28.6 Å². The number of rotatable bonds is 2. The van der Waals surface area contributed by atoms with Crippen LogP contribution in [0.1, 0.15) is 32.1 Å². The van der Waals surface area contributed by atoms with E-state index in [-0.39, 0.29) is 0 Å². The lowest BCUT2D eigenvalue weighted by molar-refractivity contribution is 0.517. The van der Waals surface area contributed by atoms with Gasteiger partial charge in [-0.15, -0.1) is 10.2 Å².